The lowest BCUT2D eigenvalue weighted by atomic mass is 10.5. The number of carboxylic acids is 1. The second kappa shape index (κ2) is 9.88. The Bertz CT molecular complexity index is 58.5. The van der Waals surface area contributed by atoms with Gasteiger partial charge in [0.2, 0.25) is 0 Å². The molecule has 0 atom stereocenters. The van der Waals surface area contributed by atoms with Crippen molar-refractivity contribution >= 4 is 18.6 Å². The molecule has 0 radical (unpaired) electrons. The second-order valence-electron chi connectivity index (χ2n) is 0.867. The molecule has 0 aromatic rings. The number of hydrogen-bond donors (Lipinski definition) is 4. The number of thiol groups is 1. The SMILES string of the molecule is NO.O=C(O)CCS. The first-order chi connectivity index (χ1) is 3.77. The van der Waals surface area contributed by atoms with E-state index in [1.807, 2.05) is 0 Å². The van der Waals surface area contributed by atoms with Crippen molar-refractivity contribution in [2.24, 2.45) is 5.90 Å². The third-order valence-corrected chi connectivity index (χ3v) is 0.549. The van der Waals surface area contributed by atoms with Gasteiger partial charge in [0.1, 0.15) is 0 Å². The zero-order chi connectivity index (χ0) is 6.99. The molecule has 0 heterocycles. The fourth-order valence-electron chi connectivity index (χ4n) is 0.0956. The summed E-state index contributed by atoms with van der Waals surface area (Å²) in [5.74, 6) is 3.14. The lowest BCUT2D eigenvalue weighted by Crippen LogP contribution is -1.93. The Balaban J connectivity index is 0. The normalized spacial score (nSPS) is 6.88. The molecule has 4 N–H and O–H groups in total. The summed E-state index contributed by atoms with van der Waals surface area (Å²) in [5, 5.41) is 14.4. The Morgan fingerprint density at radius 1 is 1.62 bits per heavy atom. The number of carboxylic acid groups (broad SMARTS) is 1. The van der Waals surface area contributed by atoms with Crippen LogP contribution in [0.4, 0.5) is 0 Å². The number of aliphatic carboxylic acids is 1. The van der Waals surface area contributed by atoms with Crippen LogP contribution in [0.1, 0.15) is 6.42 Å². The molecule has 0 aliphatic carbocycles. The maximum absolute atomic E-state index is 9.55. The number of nitrogens with two attached hydrogens (primary N) is 1. The van der Waals surface area contributed by atoms with E-state index in [1.54, 1.807) is 0 Å². The molecule has 50 valence electrons. The van der Waals surface area contributed by atoms with Crippen LogP contribution in [-0.2, 0) is 4.79 Å². The van der Waals surface area contributed by atoms with E-state index in [1.165, 1.54) is 0 Å². The summed E-state index contributed by atoms with van der Waals surface area (Å²) in [5.41, 5.74) is 0. The van der Waals surface area contributed by atoms with Gasteiger partial charge < -0.3 is 10.3 Å². The van der Waals surface area contributed by atoms with Crippen molar-refractivity contribution in [3.8, 4) is 0 Å². The first-order valence-electron chi connectivity index (χ1n) is 1.86. The number of carbonyl (C=O) groups is 1. The average Bonchev–Trinajstić information content (AvgIpc) is 1.72. The molecule has 8 heavy (non-hydrogen) atoms. The van der Waals surface area contributed by atoms with Gasteiger partial charge in [0.05, 0.1) is 6.42 Å². The molecule has 5 heteroatoms. The van der Waals surface area contributed by atoms with Crippen LogP contribution in [0, 0.1) is 0 Å². The monoisotopic (exact) mass is 139 g/mol. The Morgan fingerprint density at radius 2 is 2.00 bits per heavy atom. The van der Waals surface area contributed by atoms with Crippen LogP contribution in [-0.4, -0.2) is 22.0 Å². The molecule has 0 aromatic carbocycles. The lowest BCUT2D eigenvalue weighted by Gasteiger charge is -1.79. The largest absolute Gasteiger partial charge is 0.481 e. The molecule has 0 saturated carbocycles. The van der Waals surface area contributed by atoms with Crippen molar-refractivity contribution in [2.75, 3.05) is 5.75 Å². The minimum Gasteiger partial charge on any atom is -0.481 e. The van der Waals surface area contributed by atoms with Crippen molar-refractivity contribution in [2.45, 2.75) is 6.42 Å². The Labute approximate surface area is 52.7 Å². The van der Waals surface area contributed by atoms with Gasteiger partial charge in [0.25, 0.3) is 0 Å². The molecule has 0 unspecified atom stereocenters. The zero-order valence-electron chi connectivity index (χ0n) is 4.24. The summed E-state index contributed by atoms with van der Waals surface area (Å²) in [7, 11) is 0. The van der Waals surface area contributed by atoms with E-state index in [4.69, 9.17) is 10.3 Å². The van der Waals surface area contributed by atoms with Crippen molar-refractivity contribution in [3.63, 3.8) is 0 Å². The van der Waals surface area contributed by atoms with Crippen molar-refractivity contribution in [3.05, 3.63) is 0 Å². The van der Waals surface area contributed by atoms with Crippen LogP contribution in [0.25, 0.3) is 0 Å². The van der Waals surface area contributed by atoms with E-state index in [-0.39, 0.29) is 6.42 Å². The van der Waals surface area contributed by atoms with E-state index >= 15 is 0 Å². The maximum Gasteiger partial charge on any atom is 0.304 e. The maximum atomic E-state index is 9.55. The van der Waals surface area contributed by atoms with Gasteiger partial charge in [0.15, 0.2) is 0 Å². The summed E-state index contributed by atoms with van der Waals surface area (Å²) >= 11 is 3.68. The van der Waals surface area contributed by atoms with Crippen LogP contribution in [0.5, 0.6) is 0 Å². The highest BCUT2D eigenvalue weighted by Gasteiger charge is 1.88. The molecule has 0 spiro atoms. The van der Waals surface area contributed by atoms with E-state index < -0.39 is 5.97 Å². The molecule has 0 aromatic heterocycles. The van der Waals surface area contributed by atoms with Crippen LogP contribution in [0.2, 0.25) is 0 Å². The Morgan fingerprint density at radius 3 is 2.00 bits per heavy atom. The third kappa shape index (κ3) is 17.2. The summed E-state index contributed by atoms with van der Waals surface area (Å²) in [6.45, 7) is 0. The van der Waals surface area contributed by atoms with Gasteiger partial charge in [-0.2, -0.15) is 12.6 Å². The van der Waals surface area contributed by atoms with Gasteiger partial charge in [-0.25, -0.2) is 5.90 Å². The van der Waals surface area contributed by atoms with Crippen LogP contribution in [0.15, 0.2) is 0 Å². The topological polar surface area (TPSA) is 83.5 Å². The molecular formula is C3H9NO3S. The van der Waals surface area contributed by atoms with Gasteiger partial charge in [0, 0.05) is 5.75 Å². The molecule has 0 fully saturated rings. The summed E-state index contributed by atoms with van der Waals surface area (Å²) in [6.07, 6.45) is 0.156. The fraction of sp³-hybridized carbons (Fsp3) is 0.667. The number of hydrogen-bond acceptors (Lipinski definition) is 4. The van der Waals surface area contributed by atoms with E-state index in [2.05, 4.69) is 18.5 Å². The fourth-order valence-corrected chi connectivity index (χ4v) is 0.287. The second-order valence-corrected chi connectivity index (χ2v) is 1.31. The van der Waals surface area contributed by atoms with E-state index in [0.717, 1.165) is 0 Å². The molecule has 0 aliphatic heterocycles. The van der Waals surface area contributed by atoms with Gasteiger partial charge >= 0.3 is 5.97 Å². The van der Waals surface area contributed by atoms with Crippen LogP contribution in [0.3, 0.4) is 0 Å². The van der Waals surface area contributed by atoms with Crippen molar-refractivity contribution < 1.29 is 15.1 Å². The van der Waals surface area contributed by atoms with Crippen LogP contribution < -0.4 is 5.90 Å². The van der Waals surface area contributed by atoms with Crippen molar-refractivity contribution in [1.82, 2.24) is 0 Å². The number of rotatable bonds is 2. The molecule has 0 amide bonds. The highest BCUT2D eigenvalue weighted by Crippen LogP contribution is 1.79. The summed E-state index contributed by atoms with van der Waals surface area (Å²) in [6, 6.07) is 0. The van der Waals surface area contributed by atoms with E-state index in [0.29, 0.717) is 5.75 Å². The molecule has 0 aliphatic rings. The van der Waals surface area contributed by atoms with Crippen LogP contribution >= 0.6 is 12.6 Å². The molecule has 0 bridgehead atoms. The molecule has 0 saturated heterocycles. The Hall–Kier alpha value is -0.260. The van der Waals surface area contributed by atoms with E-state index in [9.17, 15) is 4.79 Å². The third-order valence-electron chi connectivity index (χ3n) is 0.326. The minimum absolute atomic E-state index is 0.156. The highest BCUT2D eigenvalue weighted by atomic mass is 32.1. The molecular weight excluding hydrogens is 130 g/mol. The van der Waals surface area contributed by atoms with Gasteiger partial charge in [-0.3, -0.25) is 4.79 Å². The average molecular weight is 139 g/mol. The first kappa shape index (κ1) is 10.7. The summed E-state index contributed by atoms with van der Waals surface area (Å²) in [4.78, 5) is 9.55. The predicted octanol–water partition coefficient (Wildman–Crippen LogP) is -0.275. The first-order valence-corrected chi connectivity index (χ1v) is 2.49. The standard InChI is InChI=1S/C3H6O2S.H3NO/c4-3(5)1-2-6;1-2/h6H,1-2H2,(H,4,5);2H,1H2. The predicted molar refractivity (Wildman–Crippen MR) is 32.1 cm³/mol. The highest BCUT2D eigenvalue weighted by molar-refractivity contribution is 7.80. The lowest BCUT2D eigenvalue weighted by molar-refractivity contribution is -0.136. The van der Waals surface area contributed by atoms with Crippen molar-refractivity contribution in [1.29, 1.82) is 0 Å². The molecule has 4 nitrogen and oxygen atoms in total. The van der Waals surface area contributed by atoms with Gasteiger partial charge in [-0.1, -0.05) is 0 Å². The Kier molecular flexibility index (Phi) is 13.2. The molecule has 0 rings (SSSR count). The zero-order valence-corrected chi connectivity index (χ0v) is 5.14. The van der Waals surface area contributed by atoms with Gasteiger partial charge in [-0.05, 0) is 0 Å². The minimum atomic E-state index is -0.787. The quantitative estimate of drug-likeness (QED) is 0.313. The smallest absolute Gasteiger partial charge is 0.304 e. The summed E-state index contributed by atoms with van der Waals surface area (Å²) < 4.78 is 0. The van der Waals surface area contributed by atoms with Gasteiger partial charge in [-0.15, -0.1) is 0 Å².